The topological polar surface area (TPSA) is 9.23 Å². The summed E-state index contributed by atoms with van der Waals surface area (Å²) in [6.07, 6.45) is 0. The van der Waals surface area contributed by atoms with E-state index in [1.807, 2.05) is 12.1 Å². The molecule has 12 heavy (non-hydrogen) atoms. The van der Waals surface area contributed by atoms with Crippen LogP contribution in [0.5, 0.6) is 5.75 Å². The molecule has 0 atom stereocenters. The molecule has 0 radical (unpaired) electrons. The minimum absolute atomic E-state index is 0.689. The minimum atomic E-state index is 0.689. The normalized spacial score (nSPS) is 10.0. The molecule has 0 spiro atoms. The van der Waals surface area contributed by atoms with Crippen molar-refractivity contribution in [2.24, 2.45) is 0 Å². The van der Waals surface area contributed by atoms with Crippen LogP contribution in [0.25, 0.3) is 0 Å². The van der Waals surface area contributed by atoms with Gasteiger partial charge in [-0.25, -0.2) is 0 Å². The van der Waals surface area contributed by atoms with Gasteiger partial charge in [0.1, 0.15) is 5.75 Å². The van der Waals surface area contributed by atoms with Crippen LogP contribution in [0.2, 0.25) is 5.02 Å². The van der Waals surface area contributed by atoms with Crippen LogP contribution in [0.3, 0.4) is 0 Å². The number of hydrogen-bond donors (Lipinski definition) is 0. The first kappa shape index (κ1) is 10.4. The molecule has 0 aliphatic rings. The molecule has 0 bridgehead atoms. The number of methoxy groups -OCH3 is 1. The van der Waals surface area contributed by atoms with Crippen LogP contribution in [-0.4, -0.2) is 7.11 Å². The van der Waals surface area contributed by atoms with Crippen LogP contribution in [0.15, 0.2) is 16.6 Å². The molecule has 0 aliphatic carbocycles. The molecule has 1 rings (SSSR count). The lowest BCUT2D eigenvalue weighted by atomic mass is 10.2. The van der Waals surface area contributed by atoms with Crippen LogP contribution >= 0.6 is 43.5 Å². The quantitative estimate of drug-likeness (QED) is 0.750. The van der Waals surface area contributed by atoms with Gasteiger partial charge in [-0.05, 0) is 28.1 Å². The van der Waals surface area contributed by atoms with E-state index in [2.05, 4.69) is 31.9 Å². The first-order valence-electron chi connectivity index (χ1n) is 3.27. The summed E-state index contributed by atoms with van der Waals surface area (Å²) in [7, 11) is 1.63. The highest BCUT2D eigenvalue weighted by atomic mass is 79.9. The van der Waals surface area contributed by atoms with Crippen molar-refractivity contribution in [3.05, 3.63) is 27.2 Å². The van der Waals surface area contributed by atoms with Gasteiger partial charge in [-0.1, -0.05) is 27.5 Å². The van der Waals surface area contributed by atoms with Gasteiger partial charge in [-0.2, -0.15) is 0 Å². The van der Waals surface area contributed by atoms with Crippen LogP contribution in [0.1, 0.15) is 5.56 Å². The van der Waals surface area contributed by atoms with Crippen molar-refractivity contribution >= 4 is 43.5 Å². The molecule has 0 amide bonds. The molecule has 0 aromatic heterocycles. The van der Waals surface area contributed by atoms with E-state index in [0.29, 0.717) is 10.4 Å². The fourth-order valence-electron chi connectivity index (χ4n) is 0.920. The second-order valence-corrected chi connectivity index (χ2v) is 4.00. The summed E-state index contributed by atoms with van der Waals surface area (Å²) in [4.78, 5) is 0. The fourth-order valence-corrected chi connectivity index (χ4v) is 2.39. The highest BCUT2D eigenvalue weighted by Gasteiger charge is 2.09. The van der Waals surface area contributed by atoms with Crippen molar-refractivity contribution in [2.45, 2.75) is 5.33 Å². The third-order valence-electron chi connectivity index (χ3n) is 1.49. The zero-order valence-corrected chi connectivity index (χ0v) is 10.3. The van der Waals surface area contributed by atoms with Crippen molar-refractivity contribution in [1.82, 2.24) is 0 Å². The predicted molar refractivity (Wildman–Crippen MR) is 58.3 cm³/mol. The molecule has 66 valence electrons. The standard InChI is InChI=1S/C8H7Br2ClO/c1-12-8-5(4-9)7(11)3-2-6(8)10/h2-3H,4H2,1H3. The number of alkyl halides is 1. The molecule has 0 aliphatic heterocycles. The number of hydrogen-bond acceptors (Lipinski definition) is 1. The van der Waals surface area contributed by atoms with E-state index in [1.165, 1.54) is 0 Å². The molecule has 0 saturated carbocycles. The largest absolute Gasteiger partial charge is 0.495 e. The zero-order chi connectivity index (χ0) is 9.14. The molecule has 0 heterocycles. The summed E-state index contributed by atoms with van der Waals surface area (Å²) in [5, 5.41) is 1.40. The minimum Gasteiger partial charge on any atom is -0.495 e. The maximum atomic E-state index is 5.95. The SMILES string of the molecule is COc1c(Br)ccc(Cl)c1CBr. The van der Waals surface area contributed by atoms with Gasteiger partial charge < -0.3 is 4.74 Å². The number of ether oxygens (including phenoxy) is 1. The molecule has 1 aromatic carbocycles. The van der Waals surface area contributed by atoms with Gasteiger partial charge >= 0.3 is 0 Å². The van der Waals surface area contributed by atoms with Gasteiger partial charge in [0.15, 0.2) is 0 Å². The van der Waals surface area contributed by atoms with E-state index in [9.17, 15) is 0 Å². The fraction of sp³-hybridized carbons (Fsp3) is 0.250. The predicted octanol–water partition coefficient (Wildman–Crippen LogP) is 4.01. The third-order valence-corrected chi connectivity index (χ3v) is 3.03. The summed E-state index contributed by atoms with van der Waals surface area (Å²) < 4.78 is 6.11. The van der Waals surface area contributed by atoms with Crippen LogP contribution in [0.4, 0.5) is 0 Å². The number of benzene rings is 1. The Morgan fingerprint density at radius 3 is 2.58 bits per heavy atom. The molecule has 1 aromatic rings. The van der Waals surface area contributed by atoms with E-state index in [0.717, 1.165) is 15.8 Å². The smallest absolute Gasteiger partial charge is 0.138 e. The van der Waals surface area contributed by atoms with Gasteiger partial charge in [-0.15, -0.1) is 0 Å². The van der Waals surface area contributed by atoms with Gasteiger partial charge in [0.25, 0.3) is 0 Å². The molecule has 0 N–H and O–H groups in total. The second kappa shape index (κ2) is 4.49. The van der Waals surface area contributed by atoms with E-state index in [1.54, 1.807) is 7.11 Å². The highest BCUT2D eigenvalue weighted by molar-refractivity contribution is 9.10. The summed E-state index contributed by atoms with van der Waals surface area (Å²) in [5.41, 5.74) is 0.966. The summed E-state index contributed by atoms with van der Waals surface area (Å²) in [5.74, 6) is 0.791. The van der Waals surface area contributed by atoms with Gasteiger partial charge in [0.2, 0.25) is 0 Å². The second-order valence-electron chi connectivity index (χ2n) is 2.17. The van der Waals surface area contributed by atoms with Crippen molar-refractivity contribution in [3.8, 4) is 5.75 Å². The lowest BCUT2D eigenvalue weighted by Gasteiger charge is -2.09. The third kappa shape index (κ3) is 1.95. The van der Waals surface area contributed by atoms with E-state index in [4.69, 9.17) is 16.3 Å². The molecule has 0 saturated heterocycles. The highest BCUT2D eigenvalue weighted by Crippen LogP contribution is 2.35. The Labute approximate surface area is 93.3 Å². The van der Waals surface area contributed by atoms with Crippen molar-refractivity contribution in [2.75, 3.05) is 7.11 Å². The van der Waals surface area contributed by atoms with Gasteiger partial charge in [-0.3, -0.25) is 0 Å². The van der Waals surface area contributed by atoms with Crippen molar-refractivity contribution in [1.29, 1.82) is 0 Å². The summed E-state index contributed by atoms with van der Waals surface area (Å²) in [6.45, 7) is 0. The molecular weight excluding hydrogens is 307 g/mol. The molecule has 1 nitrogen and oxygen atoms in total. The lowest BCUT2D eigenvalue weighted by Crippen LogP contribution is -1.91. The first-order chi connectivity index (χ1) is 5.70. The summed E-state index contributed by atoms with van der Waals surface area (Å²) in [6, 6.07) is 3.71. The summed E-state index contributed by atoms with van der Waals surface area (Å²) >= 11 is 12.7. The Hall–Kier alpha value is 0.270. The average Bonchev–Trinajstić information content (AvgIpc) is 2.08. The lowest BCUT2D eigenvalue weighted by molar-refractivity contribution is 0.409. The van der Waals surface area contributed by atoms with E-state index in [-0.39, 0.29) is 0 Å². The molecular formula is C8H7Br2ClO. The van der Waals surface area contributed by atoms with Crippen LogP contribution in [0, 0.1) is 0 Å². The molecule has 0 unspecified atom stereocenters. The Bertz CT molecular complexity index is 260. The Balaban J connectivity index is 3.28. The monoisotopic (exact) mass is 312 g/mol. The number of halogens is 3. The van der Waals surface area contributed by atoms with Crippen LogP contribution in [-0.2, 0) is 5.33 Å². The van der Waals surface area contributed by atoms with Crippen molar-refractivity contribution < 1.29 is 4.74 Å². The average molecular weight is 314 g/mol. The first-order valence-corrected chi connectivity index (χ1v) is 5.56. The Morgan fingerprint density at radius 1 is 1.50 bits per heavy atom. The van der Waals surface area contributed by atoms with Crippen molar-refractivity contribution in [3.63, 3.8) is 0 Å². The van der Waals surface area contributed by atoms with Gasteiger partial charge in [0, 0.05) is 15.9 Å². The Kier molecular flexibility index (Phi) is 3.87. The number of rotatable bonds is 2. The zero-order valence-electron chi connectivity index (χ0n) is 6.40. The molecule has 0 fully saturated rings. The maximum absolute atomic E-state index is 5.95. The Morgan fingerprint density at radius 2 is 2.17 bits per heavy atom. The van der Waals surface area contributed by atoms with E-state index < -0.39 is 0 Å². The molecule has 4 heteroatoms. The van der Waals surface area contributed by atoms with E-state index >= 15 is 0 Å². The van der Waals surface area contributed by atoms with Crippen LogP contribution < -0.4 is 4.74 Å². The van der Waals surface area contributed by atoms with Gasteiger partial charge in [0.05, 0.1) is 11.6 Å². The maximum Gasteiger partial charge on any atom is 0.138 e.